The molecule has 0 spiro atoms. The molecule has 0 amide bonds. The van der Waals surface area contributed by atoms with Crippen LogP contribution >= 0.6 is 0 Å². The number of hydrogen-bond acceptors (Lipinski definition) is 2. The summed E-state index contributed by atoms with van der Waals surface area (Å²) in [5.41, 5.74) is 12.9. The predicted octanol–water partition coefficient (Wildman–Crippen LogP) is 11.2. The second kappa shape index (κ2) is 10.5. The summed E-state index contributed by atoms with van der Waals surface area (Å²) >= 11 is 0. The van der Waals surface area contributed by atoms with Crippen molar-refractivity contribution in [1.82, 2.24) is 4.40 Å². The van der Waals surface area contributed by atoms with Crippen molar-refractivity contribution in [2.45, 2.75) is 0 Å². The van der Waals surface area contributed by atoms with E-state index in [-0.39, 0.29) is 0 Å². The van der Waals surface area contributed by atoms with E-state index in [1.807, 2.05) is 36.4 Å². The standard InChI is InChI=1S/C44H25N3/c45-26-28-20-38(34-16-7-14-32(24-34)30-10-3-1-4-11-30)42-36-18-9-19-37-43-39(35-17-8-15-33(25-35)31-12-5-2-6-13-31)21-29(27-46)23-41(43)47(44(36)37)40(42)22-28/h1-25H. The average molecular weight is 596 g/mol. The second-order valence-corrected chi connectivity index (χ2v) is 12.0. The molecule has 7 aromatic carbocycles. The maximum absolute atomic E-state index is 10.2. The van der Waals surface area contributed by atoms with Crippen LogP contribution in [0.3, 0.4) is 0 Å². The van der Waals surface area contributed by atoms with Crippen LogP contribution in [0.5, 0.6) is 0 Å². The molecular weight excluding hydrogens is 571 g/mol. The van der Waals surface area contributed by atoms with Crippen molar-refractivity contribution in [1.29, 1.82) is 10.5 Å². The molecule has 2 heterocycles. The highest BCUT2D eigenvalue weighted by Gasteiger charge is 2.23. The maximum Gasteiger partial charge on any atom is 0.0992 e. The zero-order valence-corrected chi connectivity index (χ0v) is 25.3. The van der Waals surface area contributed by atoms with E-state index >= 15 is 0 Å². The third kappa shape index (κ3) is 4.12. The lowest BCUT2D eigenvalue weighted by Gasteiger charge is -2.11. The van der Waals surface area contributed by atoms with Gasteiger partial charge in [0.25, 0.3) is 0 Å². The molecule has 0 aliphatic carbocycles. The lowest BCUT2D eigenvalue weighted by Crippen LogP contribution is -1.89. The molecule has 0 unspecified atom stereocenters. The average Bonchev–Trinajstić information content (AvgIpc) is 3.67. The van der Waals surface area contributed by atoms with Gasteiger partial charge in [-0.2, -0.15) is 10.5 Å². The van der Waals surface area contributed by atoms with Crippen LogP contribution in [-0.4, -0.2) is 4.40 Å². The summed E-state index contributed by atoms with van der Waals surface area (Å²) in [4.78, 5) is 0. The van der Waals surface area contributed by atoms with Crippen molar-refractivity contribution >= 4 is 38.1 Å². The quantitative estimate of drug-likeness (QED) is 0.203. The Labute approximate surface area is 271 Å². The zero-order chi connectivity index (χ0) is 31.5. The van der Waals surface area contributed by atoms with Crippen LogP contribution in [-0.2, 0) is 0 Å². The van der Waals surface area contributed by atoms with E-state index in [0.29, 0.717) is 11.1 Å². The number of para-hydroxylation sites is 1. The topological polar surface area (TPSA) is 52.0 Å². The van der Waals surface area contributed by atoms with Gasteiger partial charge in [-0.15, -0.1) is 0 Å². The van der Waals surface area contributed by atoms with Crippen LogP contribution in [0.25, 0.3) is 82.6 Å². The van der Waals surface area contributed by atoms with Crippen molar-refractivity contribution in [2.75, 3.05) is 0 Å². The van der Waals surface area contributed by atoms with E-state index in [0.717, 1.165) is 82.6 Å². The summed E-state index contributed by atoms with van der Waals surface area (Å²) in [6, 6.07) is 57.2. The molecule has 0 fully saturated rings. The Balaban J connectivity index is 1.37. The summed E-state index contributed by atoms with van der Waals surface area (Å²) in [6.07, 6.45) is 0. The van der Waals surface area contributed by atoms with Crippen molar-refractivity contribution in [3.8, 4) is 56.6 Å². The number of aromatic nitrogens is 1. The minimum absolute atomic E-state index is 0.596. The first kappa shape index (κ1) is 26.7. The summed E-state index contributed by atoms with van der Waals surface area (Å²) in [5, 5.41) is 24.9. The Morgan fingerprint density at radius 1 is 0.383 bits per heavy atom. The van der Waals surface area contributed by atoms with Crippen LogP contribution in [0.15, 0.2) is 152 Å². The van der Waals surface area contributed by atoms with Gasteiger partial charge in [0, 0.05) is 21.5 Å². The normalized spacial score (nSPS) is 11.4. The Hall–Kier alpha value is -6.68. The molecule has 0 saturated heterocycles. The van der Waals surface area contributed by atoms with Gasteiger partial charge in [0.2, 0.25) is 0 Å². The van der Waals surface area contributed by atoms with Crippen molar-refractivity contribution in [3.05, 3.63) is 163 Å². The fourth-order valence-corrected chi connectivity index (χ4v) is 7.31. The molecule has 0 N–H and O–H groups in total. The molecule has 0 radical (unpaired) electrons. The van der Waals surface area contributed by atoms with Gasteiger partial charge >= 0.3 is 0 Å². The molecule has 216 valence electrons. The molecule has 9 aromatic rings. The monoisotopic (exact) mass is 595 g/mol. The molecule has 9 rings (SSSR count). The molecule has 0 bridgehead atoms. The Kier molecular flexibility index (Phi) is 5.94. The van der Waals surface area contributed by atoms with Crippen LogP contribution in [0, 0.1) is 22.7 Å². The van der Waals surface area contributed by atoms with Crippen LogP contribution in [0.4, 0.5) is 0 Å². The highest BCUT2D eigenvalue weighted by molar-refractivity contribution is 6.28. The van der Waals surface area contributed by atoms with Crippen molar-refractivity contribution in [3.63, 3.8) is 0 Å². The minimum Gasteiger partial charge on any atom is -0.308 e. The van der Waals surface area contributed by atoms with E-state index in [2.05, 4.69) is 132 Å². The predicted molar refractivity (Wildman–Crippen MR) is 192 cm³/mol. The molecular formula is C44H25N3. The zero-order valence-electron chi connectivity index (χ0n) is 25.3. The van der Waals surface area contributed by atoms with Gasteiger partial charge in [-0.05, 0) is 80.9 Å². The fraction of sp³-hybridized carbons (Fsp3) is 0. The van der Waals surface area contributed by atoms with Gasteiger partial charge in [0.05, 0.1) is 39.8 Å². The largest absolute Gasteiger partial charge is 0.308 e. The molecule has 0 saturated carbocycles. The lowest BCUT2D eigenvalue weighted by atomic mass is 9.92. The van der Waals surface area contributed by atoms with Crippen LogP contribution in [0.1, 0.15) is 11.1 Å². The van der Waals surface area contributed by atoms with Gasteiger partial charge in [0.15, 0.2) is 0 Å². The lowest BCUT2D eigenvalue weighted by molar-refractivity contribution is 1.36. The number of nitrogens with zero attached hydrogens (tertiary/aromatic N) is 3. The Morgan fingerprint density at radius 3 is 1.23 bits per heavy atom. The smallest absolute Gasteiger partial charge is 0.0992 e. The highest BCUT2D eigenvalue weighted by atomic mass is 14.9. The number of benzene rings is 7. The molecule has 3 heteroatoms. The van der Waals surface area contributed by atoms with Crippen LogP contribution in [0.2, 0.25) is 0 Å². The van der Waals surface area contributed by atoms with E-state index in [1.165, 1.54) is 0 Å². The number of fused-ring (bicyclic) bond motifs is 6. The molecule has 2 aromatic heterocycles. The summed E-state index contributed by atoms with van der Waals surface area (Å²) in [6.45, 7) is 0. The SMILES string of the molecule is N#Cc1cc(-c2cccc(-c3ccccc3)c2)c2c3cccc4c5c(-c6cccc(-c7ccccc7)c6)cc(C#N)cc5n(c2c1)c34. The first-order valence-electron chi connectivity index (χ1n) is 15.6. The third-order valence-electron chi connectivity index (χ3n) is 9.33. The van der Waals surface area contributed by atoms with Gasteiger partial charge < -0.3 is 4.40 Å². The summed E-state index contributed by atoms with van der Waals surface area (Å²) < 4.78 is 2.27. The third-order valence-corrected chi connectivity index (χ3v) is 9.33. The van der Waals surface area contributed by atoms with Gasteiger partial charge in [-0.3, -0.25) is 0 Å². The number of nitriles is 2. The number of rotatable bonds is 4. The fourth-order valence-electron chi connectivity index (χ4n) is 7.31. The highest BCUT2D eigenvalue weighted by Crippen LogP contribution is 2.46. The summed E-state index contributed by atoms with van der Waals surface area (Å²) in [5.74, 6) is 0. The van der Waals surface area contributed by atoms with E-state index < -0.39 is 0 Å². The molecule has 0 aliphatic heterocycles. The second-order valence-electron chi connectivity index (χ2n) is 12.0. The molecule has 0 aliphatic rings. The van der Waals surface area contributed by atoms with E-state index in [4.69, 9.17) is 0 Å². The van der Waals surface area contributed by atoms with Gasteiger partial charge in [-0.1, -0.05) is 115 Å². The van der Waals surface area contributed by atoms with Gasteiger partial charge in [0.1, 0.15) is 0 Å². The Morgan fingerprint density at radius 2 is 0.787 bits per heavy atom. The molecule has 3 nitrogen and oxygen atoms in total. The first-order valence-corrected chi connectivity index (χ1v) is 15.6. The van der Waals surface area contributed by atoms with Crippen molar-refractivity contribution in [2.24, 2.45) is 0 Å². The van der Waals surface area contributed by atoms with Crippen LogP contribution < -0.4 is 0 Å². The van der Waals surface area contributed by atoms with Crippen molar-refractivity contribution < 1.29 is 0 Å². The minimum atomic E-state index is 0.596. The molecule has 0 atom stereocenters. The Bertz CT molecular complexity index is 2550. The first-order chi connectivity index (χ1) is 23.2. The van der Waals surface area contributed by atoms with Gasteiger partial charge in [-0.25, -0.2) is 0 Å². The molecule has 47 heavy (non-hydrogen) atoms. The number of hydrogen-bond donors (Lipinski definition) is 0. The van der Waals surface area contributed by atoms with E-state index in [9.17, 15) is 10.5 Å². The summed E-state index contributed by atoms with van der Waals surface area (Å²) in [7, 11) is 0. The van der Waals surface area contributed by atoms with E-state index in [1.54, 1.807) is 0 Å². The maximum atomic E-state index is 10.2.